The molecular formula is C9H9ClN4S. The van der Waals surface area contributed by atoms with E-state index in [9.17, 15) is 0 Å². The van der Waals surface area contributed by atoms with Gasteiger partial charge in [0.15, 0.2) is 5.01 Å². The van der Waals surface area contributed by atoms with E-state index in [1.165, 1.54) is 11.3 Å². The van der Waals surface area contributed by atoms with Crippen molar-refractivity contribution in [3.63, 3.8) is 0 Å². The fraction of sp³-hybridized carbons (Fsp3) is 0.222. The van der Waals surface area contributed by atoms with Gasteiger partial charge in [0.1, 0.15) is 10.7 Å². The Bertz CT molecular complexity index is 440. The fourth-order valence-corrected chi connectivity index (χ4v) is 2.02. The van der Waals surface area contributed by atoms with Gasteiger partial charge in [-0.15, -0.1) is 10.2 Å². The molecule has 0 radical (unpaired) electrons. The summed E-state index contributed by atoms with van der Waals surface area (Å²) in [5.74, 6) is 0. The highest BCUT2D eigenvalue weighted by atomic mass is 35.5. The second-order valence-electron chi connectivity index (χ2n) is 2.89. The van der Waals surface area contributed by atoms with Gasteiger partial charge in [-0.3, -0.25) is 4.98 Å². The van der Waals surface area contributed by atoms with Crippen LogP contribution < -0.4 is 5.32 Å². The largest absolute Gasteiger partial charge is 0.313 e. The van der Waals surface area contributed by atoms with Crippen LogP contribution in [0.2, 0.25) is 5.02 Å². The van der Waals surface area contributed by atoms with Crippen LogP contribution in [0.4, 0.5) is 0 Å². The van der Waals surface area contributed by atoms with E-state index in [4.69, 9.17) is 11.6 Å². The standard InChI is InChI=1S/C9H9ClN4S/c1-11-5-8-13-14-9(15-8)7-3-2-6(10)4-12-7/h2-4,11H,5H2,1H3. The van der Waals surface area contributed by atoms with Gasteiger partial charge >= 0.3 is 0 Å². The van der Waals surface area contributed by atoms with Crippen molar-refractivity contribution in [3.8, 4) is 10.7 Å². The predicted molar refractivity (Wildman–Crippen MR) is 60.9 cm³/mol. The number of aromatic nitrogens is 3. The van der Waals surface area contributed by atoms with Crippen LogP contribution in [0, 0.1) is 0 Å². The lowest BCUT2D eigenvalue weighted by Gasteiger charge is -1.93. The molecular weight excluding hydrogens is 232 g/mol. The van der Waals surface area contributed by atoms with Crippen LogP contribution in [0.1, 0.15) is 5.01 Å². The maximum Gasteiger partial charge on any atom is 0.166 e. The molecule has 0 fully saturated rings. The normalized spacial score (nSPS) is 10.5. The lowest BCUT2D eigenvalue weighted by Crippen LogP contribution is -2.04. The van der Waals surface area contributed by atoms with Gasteiger partial charge in [0, 0.05) is 12.7 Å². The summed E-state index contributed by atoms with van der Waals surface area (Å²) in [7, 11) is 1.88. The molecule has 1 N–H and O–H groups in total. The van der Waals surface area contributed by atoms with Gasteiger partial charge in [-0.2, -0.15) is 0 Å². The van der Waals surface area contributed by atoms with Crippen molar-refractivity contribution in [2.45, 2.75) is 6.54 Å². The van der Waals surface area contributed by atoms with Crippen molar-refractivity contribution in [1.82, 2.24) is 20.5 Å². The molecule has 2 heterocycles. The molecule has 78 valence electrons. The molecule has 0 atom stereocenters. The van der Waals surface area contributed by atoms with E-state index >= 15 is 0 Å². The first-order valence-corrected chi connectivity index (χ1v) is 5.58. The van der Waals surface area contributed by atoms with Gasteiger partial charge in [0.05, 0.1) is 5.02 Å². The zero-order chi connectivity index (χ0) is 10.7. The van der Waals surface area contributed by atoms with Gasteiger partial charge in [-0.1, -0.05) is 22.9 Å². The van der Waals surface area contributed by atoms with Gasteiger partial charge in [-0.05, 0) is 19.2 Å². The number of halogens is 1. The van der Waals surface area contributed by atoms with Gasteiger partial charge in [0.2, 0.25) is 0 Å². The molecule has 0 aliphatic rings. The zero-order valence-corrected chi connectivity index (χ0v) is 9.64. The lowest BCUT2D eigenvalue weighted by atomic mass is 10.4. The molecule has 2 rings (SSSR count). The van der Waals surface area contributed by atoms with Gasteiger partial charge in [0.25, 0.3) is 0 Å². The maximum absolute atomic E-state index is 5.75. The van der Waals surface area contributed by atoms with Crippen LogP contribution in [0.25, 0.3) is 10.7 Å². The summed E-state index contributed by atoms with van der Waals surface area (Å²) in [6, 6.07) is 3.63. The minimum Gasteiger partial charge on any atom is -0.313 e. The smallest absolute Gasteiger partial charge is 0.166 e. The SMILES string of the molecule is CNCc1nnc(-c2ccc(Cl)cn2)s1. The van der Waals surface area contributed by atoms with E-state index in [1.807, 2.05) is 13.1 Å². The Morgan fingerprint density at radius 1 is 1.40 bits per heavy atom. The molecule has 2 aromatic rings. The molecule has 2 aromatic heterocycles. The lowest BCUT2D eigenvalue weighted by molar-refractivity contribution is 0.794. The molecule has 0 saturated heterocycles. The fourth-order valence-electron chi connectivity index (χ4n) is 1.08. The van der Waals surface area contributed by atoms with Gasteiger partial charge in [-0.25, -0.2) is 0 Å². The molecule has 0 aliphatic carbocycles. The number of hydrogen-bond acceptors (Lipinski definition) is 5. The highest BCUT2D eigenvalue weighted by Crippen LogP contribution is 2.22. The average Bonchev–Trinajstić information content (AvgIpc) is 2.68. The van der Waals surface area contributed by atoms with Crippen molar-refractivity contribution < 1.29 is 0 Å². The second-order valence-corrected chi connectivity index (χ2v) is 4.39. The van der Waals surface area contributed by atoms with Crippen molar-refractivity contribution in [3.05, 3.63) is 28.4 Å². The minimum absolute atomic E-state index is 0.624. The van der Waals surface area contributed by atoms with Crippen LogP contribution in [0.15, 0.2) is 18.3 Å². The summed E-state index contributed by atoms with van der Waals surface area (Å²) < 4.78 is 0. The molecule has 0 spiro atoms. The first-order chi connectivity index (χ1) is 7.29. The third-order valence-electron chi connectivity index (χ3n) is 1.74. The molecule has 0 aliphatic heterocycles. The first-order valence-electron chi connectivity index (χ1n) is 4.38. The summed E-state index contributed by atoms with van der Waals surface area (Å²) in [6.07, 6.45) is 1.61. The van der Waals surface area contributed by atoms with E-state index in [-0.39, 0.29) is 0 Å². The highest BCUT2D eigenvalue weighted by molar-refractivity contribution is 7.14. The van der Waals surface area contributed by atoms with Crippen LogP contribution in [0.5, 0.6) is 0 Å². The molecule has 0 bridgehead atoms. The monoisotopic (exact) mass is 240 g/mol. The number of nitrogens with one attached hydrogen (secondary N) is 1. The Labute approximate surface area is 96.3 Å². The van der Waals surface area contributed by atoms with Crippen molar-refractivity contribution in [1.29, 1.82) is 0 Å². The molecule has 0 saturated carbocycles. The summed E-state index contributed by atoms with van der Waals surface area (Å²) in [5.41, 5.74) is 0.805. The molecule has 6 heteroatoms. The van der Waals surface area contributed by atoms with Crippen molar-refractivity contribution in [2.75, 3.05) is 7.05 Å². The van der Waals surface area contributed by atoms with E-state index in [2.05, 4.69) is 20.5 Å². The van der Waals surface area contributed by atoms with Crippen molar-refractivity contribution >= 4 is 22.9 Å². The summed E-state index contributed by atoms with van der Waals surface area (Å²) in [4.78, 5) is 4.18. The van der Waals surface area contributed by atoms with Crippen LogP contribution in [-0.2, 0) is 6.54 Å². The molecule has 0 aromatic carbocycles. The Morgan fingerprint density at radius 3 is 2.93 bits per heavy atom. The Kier molecular flexibility index (Phi) is 3.25. The topological polar surface area (TPSA) is 50.7 Å². The molecule has 0 unspecified atom stereocenters. The first kappa shape index (κ1) is 10.5. The van der Waals surface area contributed by atoms with Crippen LogP contribution >= 0.6 is 22.9 Å². The second kappa shape index (κ2) is 4.65. The van der Waals surface area contributed by atoms with Crippen molar-refractivity contribution in [2.24, 2.45) is 0 Å². The Balaban J connectivity index is 2.25. The Morgan fingerprint density at radius 2 is 2.27 bits per heavy atom. The number of hydrogen-bond donors (Lipinski definition) is 1. The predicted octanol–water partition coefficient (Wildman–Crippen LogP) is 1.97. The third kappa shape index (κ3) is 2.50. The molecule has 0 amide bonds. The van der Waals surface area contributed by atoms with E-state index in [0.29, 0.717) is 5.02 Å². The maximum atomic E-state index is 5.75. The average molecular weight is 241 g/mol. The molecule has 15 heavy (non-hydrogen) atoms. The number of nitrogens with zero attached hydrogens (tertiary/aromatic N) is 3. The van der Waals surface area contributed by atoms with E-state index < -0.39 is 0 Å². The van der Waals surface area contributed by atoms with Crippen LogP contribution in [0.3, 0.4) is 0 Å². The minimum atomic E-state index is 0.624. The quantitative estimate of drug-likeness (QED) is 0.891. The summed E-state index contributed by atoms with van der Waals surface area (Å²) >= 11 is 7.28. The summed E-state index contributed by atoms with van der Waals surface area (Å²) in [6.45, 7) is 0.727. The zero-order valence-electron chi connectivity index (χ0n) is 8.07. The Hall–Kier alpha value is -1.04. The third-order valence-corrected chi connectivity index (χ3v) is 2.91. The summed E-state index contributed by atoms with van der Waals surface area (Å²) in [5, 5.41) is 13.5. The highest BCUT2D eigenvalue weighted by Gasteiger charge is 2.06. The van der Waals surface area contributed by atoms with Gasteiger partial charge < -0.3 is 5.32 Å². The number of pyridine rings is 1. The van der Waals surface area contributed by atoms with E-state index in [0.717, 1.165) is 22.3 Å². The van der Waals surface area contributed by atoms with E-state index in [1.54, 1.807) is 12.3 Å². The molecule has 4 nitrogen and oxygen atoms in total. The number of rotatable bonds is 3. The van der Waals surface area contributed by atoms with Crippen LogP contribution in [-0.4, -0.2) is 22.2 Å².